The molecule has 3 rings (SSSR count). The molecule has 1 aromatic carbocycles. The quantitative estimate of drug-likeness (QED) is 0.735. The summed E-state index contributed by atoms with van der Waals surface area (Å²) < 4.78 is 10.9. The second-order valence-corrected chi connectivity index (χ2v) is 4.42. The third kappa shape index (κ3) is 2.63. The molecule has 2 heterocycles. The van der Waals surface area contributed by atoms with Gasteiger partial charge in [-0.2, -0.15) is 0 Å². The lowest BCUT2D eigenvalue weighted by molar-refractivity contribution is 0.311. The van der Waals surface area contributed by atoms with Crippen molar-refractivity contribution in [3.63, 3.8) is 0 Å². The van der Waals surface area contributed by atoms with Gasteiger partial charge in [-0.1, -0.05) is 0 Å². The summed E-state index contributed by atoms with van der Waals surface area (Å²) in [5, 5.41) is 0. The van der Waals surface area contributed by atoms with E-state index in [1.165, 1.54) is 6.33 Å². The van der Waals surface area contributed by atoms with Crippen LogP contribution in [0.25, 0.3) is 22.3 Å². The Morgan fingerprint density at radius 2 is 1.95 bits per heavy atom. The van der Waals surface area contributed by atoms with Crippen LogP contribution in [0.1, 0.15) is 6.92 Å². The molecule has 0 bridgehead atoms. The molecule has 0 saturated heterocycles. The first-order valence-electron chi connectivity index (χ1n) is 6.70. The second kappa shape index (κ2) is 5.75. The topological polar surface area (TPSA) is 57.1 Å². The number of hydrogen-bond acceptors (Lipinski definition) is 5. The number of methoxy groups -OCH3 is 1. The van der Waals surface area contributed by atoms with Gasteiger partial charge in [0.25, 0.3) is 0 Å². The molecule has 2 aromatic heterocycles. The minimum Gasteiger partial charge on any atom is -0.493 e. The first-order valence-corrected chi connectivity index (χ1v) is 6.70. The van der Waals surface area contributed by atoms with Gasteiger partial charge in [-0.05, 0) is 37.3 Å². The van der Waals surface area contributed by atoms with Gasteiger partial charge in [0, 0.05) is 5.56 Å². The standard InChI is InChI=1S/C16H15N3O2/c1-3-21-15-7-4-11(8-16(15)20-2)12-5-6-13-14(19-12)9-17-10-18-13/h4-10H,3H2,1-2H3. The van der Waals surface area contributed by atoms with Gasteiger partial charge >= 0.3 is 0 Å². The van der Waals surface area contributed by atoms with E-state index in [4.69, 9.17) is 9.47 Å². The molecule has 0 aliphatic rings. The number of hydrogen-bond donors (Lipinski definition) is 0. The van der Waals surface area contributed by atoms with E-state index in [0.717, 1.165) is 28.0 Å². The van der Waals surface area contributed by atoms with Gasteiger partial charge in [0.2, 0.25) is 0 Å². The van der Waals surface area contributed by atoms with Gasteiger partial charge in [0.05, 0.1) is 31.1 Å². The summed E-state index contributed by atoms with van der Waals surface area (Å²) in [4.78, 5) is 12.7. The summed E-state index contributed by atoms with van der Waals surface area (Å²) in [7, 11) is 1.63. The number of ether oxygens (including phenoxy) is 2. The largest absolute Gasteiger partial charge is 0.493 e. The number of nitrogens with zero attached hydrogens (tertiary/aromatic N) is 3. The van der Waals surface area contributed by atoms with E-state index in [9.17, 15) is 0 Å². The molecule has 0 amide bonds. The number of pyridine rings is 1. The van der Waals surface area contributed by atoms with Crippen LogP contribution in [-0.4, -0.2) is 28.7 Å². The normalized spacial score (nSPS) is 10.6. The molecule has 0 aliphatic carbocycles. The SMILES string of the molecule is CCOc1ccc(-c2ccc3ncncc3n2)cc1OC. The fourth-order valence-corrected chi connectivity index (χ4v) is 2.13. The van der Waals surface area contributed by atoms with Crippen LogP contribution in [0.5, 0.6) is 11.5 Å². The Morgan fingerprint density at radius 3 is 2.76 bits per heavy atom. The van der Waals surface area contributed by atoms with Gasteiger partial charge in [0.15, 0.2) is 11.5 Å². The Morgan fingerprint density at radius 1 is 1.05 bits per heavy atom. The summed E-state index contributed by atoms with van der Waals surface area (Å²) in [6.07, 6.45) is 3.22. The zero-order valence-electron chi connectivity index (χ0n) is 11.9. The van der Waals surface area contributed by atoms with Crippen LogP contribution in [0.3, 0.4) is 0 Å². The molecule has 0 spiro atoms. The maximum atomic E-state index is 5.52. The predicted molar refractivity (Wildman–Crippen MR) is 80.5 cm³/mol. The van der Waals surface area contributed by atoms with Crippen molar-refractivity contribution in [1.29, 1.82) is 0 Å². The van der Waals surface area contributed by atoms with Crippen LogP contribution in [0, 0.1) is 0 Å². The molecule has 0 unspecified atom stereocenters. The van der Waals surface area contributed by atoms with Gasteiger partial charge in [-0.3, -0.25) is 0 Å². The highest BCUT2D eigenvalue weighted by Gasteiger charge is 2.08. The van der Waals surface area contributed by atoms with E-state index in [1.807, 2.05) is 37.3 Å². The van der Waals surface area contributed by atoms with Crippen molar-refractivity contribution in [3.8, 4) is 22.8 Å². The van der Waals surface area contributed by atoms with Gasteiger partial charge in [0.1, 0.15) is 11.8 Å². The average Bonchev–Trinajstić information content (AvgIpc) is 2.55. The molecule has 106 valence electrons. The van der Waals surface area contributed by atoms with E-state index in [1.54, 1.807) is 13.3 Å². The summed E-state index contributed by atoms with van der Waals surface area (Å²) in [5.41, 5.74) is 3.40. The number of fused-ring (bicyclic) bond motifs is 1. The van der Waals surface area contributed by atoms with Crippen LogP contribution >= 0.6 is 0 Å². The predicted octanol–water partition coefficient (Wildman–Crippen LogP) is 3.10. The van der Waals surface area contributed by atoms with E-state index < -0.39 is 0 Å². The summed E-state index contributed by atoms with van der Waals surface area (Å²) in [6.45, 7) is 2.54. The molecule has 0 atom stereocenters. The minimum absolute atomic E-state index is 0.598. The van der Waals surface area contributed by atoms with Crippen LogP contribution in [-0.2, 0) is 0 Å². The first kappa shape index (κ1) is 13.3. The van der Waals surface area contributed by atoms with E-state index in [0.29, 0.717) is 12.4 Å². The maximum absolute atomic E-state index is 5.52. The Bertz CT molecular complexity index is 774. The van der Waals surface area contributed by atoms with E-state index in [2.05, 4.69) is 15.0 Å². The molecule has 0 fully saturated rings. The lowest BCUT2D eigenvalue weighted by Crippen LogP contribution is -1.96. The van der Waals surface area contributed by atoms with Crippen molar-refractivity contribution in [1.82, 2.24) is 15.0 Å². The Kier molecular flexibility index (Phi) is 3.64. The number of aromatic nitrogens is 3. The molecule has 0 aliphatic heterocycles. The molecule has 21 heavy (non-hydrogen) atoms. The van der Waals surface area contributed by atoms with Crippen molar-refractivity contribution >= 4 is 11.0 Å². The van der Waals surface area contributed by atoms with Crippen LogP contribution in [0.15, 0.2) is 42.9 Å². The summed E-state index contributed by atoms with van der Waals surface area (Å²) >= 11 is 0. The molecule has 5 nitrogen and oxygen atoms in total. The van der Waals surface area contributed by atoms with Crippen molar-refractivity contribution in [2.45, 2.75) is 6.92 Å². The van der Waals surface area contributed by atoms with Gasteiger partial charge < -0.3 is 9.47 Å². The van der Waals surface area contributed by atoms with Crippen LogP contribution in [0.2, 0.25) is 0 Å². The fraction of sp³-hybridized carbons (Fsp3) is 0.188. The van der Waals surface area contributed by atoms with Crippen molar-refractivity contribution in [3.05, 3.63) is 42.9 Å². The average molecular weight is 281 g/mol. The Labute approximate surface area is 122 Å². The molecule has 0 saturated carbocycles. The minimum atomic E-state index is 0.598. The van der Waals surface area contributed by atoms with Crippen molar-refractivity contribution in [2.75, 3.05) is 13.7 Å². The lowest BCUT2D eigenvalue weighted by atomic mass is 10.1. The first-order chi connectivity index (χ1) is 10.3. The molecule has 3 aromatic rings. The molecular weight excluding hydrogens is 266 g/mol. The highest BCUT2D eigenvalue weighted by molar-refractivity contribution is 5.77. The van der Waals surface area contributed by atoms with Gasteiger partial charge in [-0.25, -0.2) is 15.0 Å². The maximum Gasteiger partial charge on any atom is 0.161 e. The Hall–Kier alpha value is -2.69. The fourth-order valence-electron chi connectivity index (χ4n) is 2.13. The van der Waals surface area contributed by atoms with Crippen LogP contribution in [0.4, 0.5) is 0 Å². The summed E-state index contributed by atoms with van der Waals surface area (Å²) in [6, 6.07) is 9.65. The van der Waals surface area contributed by atoms with Crippen molar-refractivity contribution in [2.24, 2.45) is 0 Å². The summed E-state index contributed by atoms with van der Waals surface area (Å²) in [5.74, 6) is 1.42. The smallest absolute Gasteiger partial charge is 0.161 e. The number of rotatable bonds is 4. The molecular formula is C16H15N3O2. The third-order valence-electron chi connectivity index (χ3n) is 3.12. The second-order valence-electron chi connectivity index (χ2n) is 4.42. The van der Waals surface area contributed by atoms with Crippen molar-refractivity contribution < 1.29 is 9.47 Å². The van der Waals surface area contributed by atoms with E-state index in [-0.39, 0.29) is 0 Å². The monoisotopic (exact) mass is 281 g/mol. The van der Waals surface area contributed by atoms with Crippen LogP contribution < -0.4 is 9.47 Å². The zero-order chi connectivity index (χ0) is 14.7. The third-order valence-corrected chi connectivity index (χ3v) is 3.12. The highest BCUT2D eigenvalue weighted by atomic mass is 16.5. The Balaban J connectivity index is 2.05. The highest BCUT2D eigenvalue weighted by Crippen LogP contribution is 2.32. The molecule has 0 N–H and O–H groups in total. The van der Waals surface area contributed by atoms with E-state index >= 15 is 0 Å². The zero-order valence-corrected chi connectivity index (χ0v) is 11.9. The van der Waals surface area contributed by atoms with Gasteiger partial charge in [-0.15, -0.1) is 0 Å². The molecule has 0 radical (unpaired) electrons. The molecule has 5 heteroatoms. The lowest BCUT2D eigenvalue weighted by Gasteiger charge is -2.11. The number of benzene rings is 1.